The first-order valence-electron chi connectivity index (χ1n) is 10.1. The van der Waals surface area contributed by atoms with Crippen LogP contribution in [0.3, 0.4) is 0 Å². The Morgan fingerprint density at radius 2 is 1.62 bits per heavy atom. The summed E-state index contributed by atoms with van der Waals surface area (Å²) in [4.78, 5) is 27.0. The maximum absolute atomic E-state index is 13.8. The molecular formula is C25H26FN3O3. The molecular weight excluding hydrogens is 409 g/mol. The van der Waals surface area contributed by atoms with E-state index in [0.29, 0.717) is 11.3 Å². The summed E-state index contributed by atoms with van der Waals surface area (Å²) < 4.78 is 18.7. The average molecular weight is 435 g/mol. The van der Waals surface area contributed by atoms with Crippen molar-refractivity contribution in [3.8, 4) is 5.75 Å². The minimum absolute atomic E-state index is 0.0765. The summed E-state index contributed by atoms with van der Waals surface area (Å²) >= 11 is 0. The van der Waals surface area contributed by atoms with Crippen LogP contribution in [0.25, 0.3) is 0 Å². The average Bonchev–Trinajstić information content (AvgIpc) is 2.78. The summed E-state index contributed by atoms with van der Waals surface area (Å²) in [5.74, 6) is -1.18. The lowest BCUT2D eigenvalue weighted by Crippen LogP contribution is -2.23. The number of carbonyl (C=O) groups excluding carboxylic acids is 2. The number of amides is 2. The van der Waals surface area contributed by atoms with Gasteiger partial charge in [-0.25, -0.2) is 4.39 Å². The van der Waals surface area contributed by atoms with Gasteiger partial charge in [-0.15, -0.1) is 0 Å². The molecule has 3 aromatic carbocycles. The van der Waals surface area contributed by atoms with Crippen LogP contribution in [0.2, 0.25) is 0 Å². The van der Waals surface area contributed by atoms with Gasteiger partial charge in [0.2, 0.25) is 0 Å². The van der Waals surface area contributed by atoms with Gasteiger partial charge in [-0.1, -0.05) is 24.3 Å². The van der Waals surface area contributed by atoms with Crippen molar-refractivity contribution in [1.29, 1.82) is 0 Å². The Kier molecular flexibility index (Phi) is 7.57. The molecule has 0 aliphatic rings. The van der Waals surface area contributed by atoms with E-state index in [1.807, 2.05) is 44.4 Å². The molecule has 0 radical (unpaired) electrons. The summed E-state index contributed by atoms with van der Waals surface area (Å²) in [6, 6.07) is 18.7. The molecule has 7 heteroatoms. The number of ether oxygens (including phenoxy) is 1. The molecule has 0 saturated heterocycles. The van der Waals surface area contributed by atoms with Crippen molar-refractivity contribution in [2.45, 2.75) is 13.1 Å². The second-order valence-electron chi connectivity index (χ2n) is 7.62. The van der Waals surface area contributed by atoms with Gasteiger partial charge in [0.1, 0.15) is 0 Å². The topological polar surface area (TPSA) is 70.7 Å². The van der Waals surface area contributed by atoms with E-state index in [1.165, 1.54) is 19.2 Å². The van der Waals surface area contributed by atoms with E-state index in [1.54, 1.807) is 18.2 Å². The largest absolute Gasteiger partial charge is 0.494 e. The van der Waals surface area contributed by atoms with Crippen molar-refractivity contribution < 1.29 is 18.7 Å². The molecule has 2 amide bonds. The summed E-state index contributed by atoms with van der Waals surface area (Å²) in [6.07, 6.45) is 0. The summed E-state index contributed by atoms with van der Waals surface area (Å²) in [6.45, 7) is 1.03. The smallest absolute Gasteiger partial charge is 0.255 e. The number of halogens is 1. The quantitative estimate of drug-likeness (QED) is 0.559. The molecule has 3 rings (SSSR count). The van der Waals surface area contributed by atoms with Crippen LogP contribution in [0.5, 0.6) is 5.75 Å². The highest BCUT2D eigenvalue weighted by Gasteiger charge is 2.11. The molecule has 0 heterocycles. The van der Waals surface area contributed by atoms with Gasteiger partial charge < -0.3 is 20.3 Å². The Morgan fingerprint density at radius 3 is 2.28 bits per heavy atom. The zero-order chi connectivity index (χ0) is 23.1. The molecule has 0 aliphatic carbocycles. The van der Waals surface area contributed by atoms with E-state index in [9.17, 15) is 14.0 Å². The number of nitrogens with one attached hydrogen (secondary N) is 2. The third-order valence-corrected chi connectivity index (χ3v) is 4.77. The fraction of sp³-hybridized carbons (Fsp3) is 0.200. The first-order valence-corrected chi connectivity index (χ1v) is 10.1. The van der Waals surface area contributed by atoms with Gasteiger partial charge >= 0.3 is 0 Å². The lowest BCUT2D eigenvalue weighted by Gasteiger charge is -2.11. The molecule has 0 aromatic heterocycles. The van der Waals surface area contributed by atoms with Crippen molar-refractivity contribution in [3.63, 3.8) is 0 Å². The third-order valence-electron chi connectivity index (χ3n) is 4.77. The highest BCUT2D eigenvalue weighted by atomic mass is 19.1. The van der Waals surface area contributed by atoms with Crippen molar-refractivity contribution in [3.05, 3.63) is 94.8 Å². The zero-order valence-corrected chi connectivity index (χ0v) is 18.3. The lowest BCUT2D eigenvalue weighted by atomic mass is 10.1. The van der Waals surface area contributed by atoms with Gasteiger partial charge in [-0.05, 0) is 67.7 Å². The van der Waals surface area contributed by atoms with Gasteiger partial charge in [0, 0.05) is 29.9 Å². The van der Waals surface area contributed by atoms with Crippen LogP contribution in [0.1, 0.15) is 31.8 Å². The first-order chi connectivity index (χ1) is 15.4. The number of methoxy groups -OCH3 is 1. The number of carbonyl (C=O) groups is 2. The van der Waals surface area contributed by atoms with Crippen LogP contribution >= 0.6 is 0 Å². The van der Waals surface area contributed by atoms with Gasteiger partial charge in [-0.3, -0.25) is 9.59 Å². The fourth-order valence-electron chi connectivity index (χ4n) is 3.18. The maximum atomic E-state index is 13.8. The van der Waals surface area contributed by atoms with Gasteiger partial charge in [0.15, 0.2) is 11.6 Å². The van der Waals surface area contributed by atoms with E-state index in [0.717, 1.165) is 23.7 Å². The van der Waals surface area contributed by atoms with Crippen LogP contribution in [-0.4, -0.2) is 37.9 Å². The van der Waals surface area contributed by atoms with Crippen molar-refractivity contribution in [1.82, 2.24) is 10.2 Å². The van der Waals surface area contributed by atoms with Crippen LogP contribution in [0.4, 0.5) is 10.1 Å². The van der Waals surface area contributed by atoms with Crippen molar-refractivity contribution in [2.24, 2.45) is 0 Å². The van der Waals surface area contributed by atoms with Crippen molar-refractivity contribution in [2.75, 3.05) is 26.5 Å². The number of hydrogen-bond donors (Lipinski definition) is 2. The number of rotatable bonds is 8. The highest BCUT2D eigenvalue weighted by molar-refractivity contribution is 6.04. The second-order valence-corrected chi connectivity index (χ2v) is 7.62. The lowest BCUT2D eigenvalue weighted by molar-refractivity contribution is 0.0950. The number of benzene rings is 3. The zero-order valence-electron chi connectivity index (χ0n) is 18.3. The van der Waals surface area contributed by atoms with Crippen LogP contribution in [0.15, 0.2) is 66.7 Å². The standard InChI is InChI=1S/C25H26FN3O3/c1-29(2)16-17-7-10-21(11-8-17)28-25(31)19-6-4-5-18(13-19)15-27-24(30)20-9-12-23(32-3)22(26)14-20/h4-14H,15-16H2,1-3H3,(H,27,30)(H,28,31). The monoisotopic (exact) mass is 435 g/mol. The Labute approximate surface area is 187 Å². The Bertz CT molecular complexity index is 1100. The predicted octanol–water partition coefficient (Wildman–Crippen LogP) is 4.08. The minimum Gasteiger partial charge on any atom is -0.494 e. The van der Waals surface area contributed by atoms with E-state index < -0.39 is 11.7 Å². The Balaban J connectivity index is 1.60. The molecule has 32 heavy (non-hydrogen) atoms. The molecule has 0 bridgehead atoms. The van der Waals surface area contributed by atoms with Gasteiger partial charge in [0.05, 0.1) is 7.11 Å². The predicted molar refractivity (Wildman–Crippen MR) is 122 cm³/mol. The molecule has 0 saturated carbocycles. The Hall–Kier alpha value is -3.71. The number of anilines is 1. The Morgan fingerprint density at radius 1 is 0.906 bits per heavy atom. The molecule has 6 nitrogen and oxygen atoms in total. The minimum atomic E-state index is -0.603. The van der Waals surface area contributed by atoms with E-state index in [4.69, 9.17) is 4.74 Å². The van der Waals surface area contributed by atoms with Crippen LogP contribution in [-0.2, 0) is 13.1 Å². The SMILES string of the molecule is COc1ccc(C(=O)NCc2cccc(C(=O)Nc3ccc(CN(C)C)cc3)c2)cc1F. The molecule has 0 spiro atoms. The molecule has 0 aliphatic heterocycles. The summed E-state index contributed by atoms with van der Waals surface area (Å²) in [5.41, 5.74) is 3.28. The normalized spacial score (nSPS) is 10.7. The van der Waals surface area contributed by atoms with Gasteiger partial charge in [0.25, 0.3) is 11.8 Å². The van der Waals surface area contributed by atoms with Crippen LogP contribution < -0.4 is 15.4 Å². The number of hydrogen-bond acceptors (Lipinski definition) is 4. The van der Waals surface area contributed by atoms with Gasteiger partial charge in [-0.2, -0.15) is 0 Å². The van der Waals surface area contributed by atoms with E-state index >= 15 is 0 Å². The maximum Gasteiger partial charge on any atom is 0.255 e. The molecule has 3 aromatic rings. The molecule has 0 unspecified atom stereocenters. The first kappa shape index (κ1) is 23.0. The van der Waals surface area contributed by atoms with Crippen LogP contribution in [0, 0.1) is 5.82 Å². The third kappa shape index (κ3) is 6.15. The molecule has 0 fully saturated rings. The molecule has 2 N–H and O–H groups in total. The second kappa shape index (κ2) is 10.5. The summed E-state index contributed by atoms with van der Waals surface area (Å²) in [7, 11) is 5.36. The highest BCUT2D eigenvalue weighted by Crippen LogP contribution is 2.18. The van der Waals surface area contributed by atoms with E-state index in [-0.39, 0.29) is 23.8 Å². The molecule has 166 valence electrons. The number of nitrogens with zero attached hydrogens (tertiary/aromatic N) is 1. The summed E-state index contributed by atoms with van der Waals surface area (Å²) in [5, 5.41) is 5.62. The fourth-order valence-corrected chi connectivity index (χ4v) is 3.18. The van der Waals surface area contributed by atoms with E-state index in [2.05, 4.69) is 15.5 Å². The molecule has 0 atom stereocenters. The van der Waals surface area contributed by atoms with Crippen molar-refractivity contribution >= 4 is 17.5 Å².